The zero-order valence-corrected chi connectivity index (χ0v) is 14.6. The van der Waals surface area contributed by atoms with E-state index in [1.54, 1.807) is 9.47 Å². The maximum atomic E-state index is 13.1. The van der Waals surface area contributed by atoms with Crippen LogP contribution >= 0.6 is 0 Å². The van der Waals surface area contributed by atoms with Crippen molar-refractivity contribution in [2.45, 2.75) is 33.1 Å². The predicted octanol–water partition coefficient (Wildman–Crippen LogP) is 2.84. The molecule has 5 heteroatoms. The highest BCUT2D eigenvalue weighted by molar-refractivity contribution is 6.02. The van der Waals surface area contributed by atoms with Crippen molar-refractivity contribution in [2.75, 3.05) is 13.1 Å². The summed E-state index contributed by atoms with van der Waals surface area (Å²) in [6.45, 7) is 4.79. The zero-order valence-electron chi connectivity index (χ0n) is 14.6. The number of carbonyl (C=O) groups excluding carboxylic acids is 2. The Kier molecular flexibility index (Phi) is 4.83. The van der Waals surface area contributed by atoms with Crippen LogP contribution in [0.25, 0.3) is 5.69 Å². The number of ketones is 1. The minimum atomic E-state index is -0.350. The Morgan fingerprint density at radius 1 is 1.08 bits per heavy atom. The van der Waals surface area contributed by atoms with Crippen LogP contribution in [0.5, 0.6) is 0 Å². The van der Waals surface area contributed by atoms with Gasteiger partial charge in [0.05, 0.1) is 0 Å². The lowest BCUT2D eigenvalue weighted by atomic mass is 9.92. The first-order chi connectivity index (χ1) is 12.1. The van der Waals surface area contributed by atoms with Crippen molar-refractivity contribution in [3.8, 4) is 5.69 Å². The number of hydrogen-bond acceptors (Lipinski definition) is 3. The molecule has 0 aliphatic heterocycles. The number of para-hydroxylation sites is 1. The van der Waals surface area contributed by atoms with E-state index >= 15 is 0 Å². The lowest BCUT2D eigenvalue weighted by Gasteiger charge is -2.24. The molecule has 0 N–H and O–H groups in total. The maximum Gasteiger partial charge on any atom is 0.268 e. The van der Waals surface area contributed by atoms with Crippen LogP contribution in [-0.2, 0) is 6.42 Å². The topological polar surface area (TPSA) is 59.4 Å². The Hall–Kier alpha value is -2.69. The Balaban J connectivity index is 2.29. The minimum Gasteiger partial charge on any atom is -0.339 e. The van der Waals surface area contributed by atoms with E-state index in [0.29, 0.717) is 42.9 Å². The molecular formula is C20H22N2O3. The summed E-state index contributed by atoms with van der Waals surface area (Å²) in [5.74, 6) is -0.319. The summed E-state index contributed by atoms with van der Waals surface area (Å²) in [5.41, 5.74) is 1.62. The third-order valence-electron chi connectivity index (χ3n) is 4.72. The van der Waals surface area contributed by atoms with Gasteiger partial charge in [-0.15, -0.1) is 0 Å². The van der Waals surface area contributed by atoms with Crippen molar-refractivity contribution in [1.82, 2.24) is 9.47 Å². The van der Waals surface area contributed by atoms with Crippen LogP contribution in [0.3, 0.4) is 0 Å². The second-order valence-corrected chi connectivity index (χ2v) is 6.15. The van der Waals surface area contributed by atoms with E-state index in [2.05, 4.69) is 0 Å². The summed E-state index contributed by atoms with van der Waals surface area (Å²) in [6.07, 6.45) is 1.84. The molecule has 0 saturated heterocycles. The van der Waals surface area contributed by atoms with Gasteiger partial charge < -0.3 is 4.90 Å². The van der Waals surface area contributed by atoms with Crippen molar-refractivity contribution in [2.24, 2.45) is 0 Å². The van der Waals surface area contributed by atoms with Gasteiger partial charge in [-0.2, -0.15) is 0 Å². The molecule has 1 aromatic heterocycles. The van der Waals surface area contributed by atoms with Crippen LogP contribution in [0.2, 0.25) is 0 Å². The van der Waals surface area contributed by atoms with Gasteiger partial charge in [-0.25, -0.2) is 0 Å². The minimum absolute atomic E-state index is 0.000437. The molecule has 1 heterocycles. The van der Waals surface area contributed by atoms with Gasteiger partial charge in [0.15, 0.2) is 5.78 Å². The molecule has 3 rings (SSSR count). The largest absolute Gasteiger partial charge is 0.339 e. The second kappa shape index (κ2) is 7.05. The highest BCUT2D eigenvalue weighted by Crippen LogP contribution is 2.23. The lowest BCUT2D eigenvalue weighted by molar-refractivity contribution is 0.0770. The Morgan fingerprint density at radius 2 is 1.76 bits per heavy atom. The van der Waals surface area contributed by atoms with E-state index in [-0.39, 0.29) is 22.8 Å². The smallest absolute Gasteiger partial charge is 0.268 e. The first-order valence-corrected chi connectivity index (χ1v) is 8.75. The quantitative estimate of drug-likeness (QED) is 0.861. The molecule has 0 saturated carbocycles. The Labute approximate surface area is 146 Å². The highest BCUT2D eigenvalue weighted by atomic mass is 16.2. The predicted molar refractivity (Wildman–Crippen MR) is 96.6 cm³/mol. The van der Waals surface area contributed by atoms with Crippen molar-refractivity contribution in [1.29, 1.82) is 0 Å². The standard InChI is InChI=1S/C20H22N2O3/c1-3-21(4-2)19(24)16-13-15-17(11-8-12-18(15)23)22(20(16)25)14-9-6-5-7-10-14/h5-7,9-10,13H,3-4,8,11-12H2,1-2H3. The van der Waals surface area contributed by atoms with Crippen molar-refractivity contribution in [3.63, 3.8) is 0 Å². The molecular weight excluding hydrogens is 316 g/mol. The Morgan fingerprint density at radius 3 is 2.40 bits per heavy atom. The van der Waals surface area contributed by atoms with Crippen LogP contribution in [-0.4, -0.2) is 34.2 Å². The van der Waals surface area contributed by atoms with E-state index < -0.39 is 0 Å². The number of carbonyl (C=O) groups is 2. The first-order valence-electron chi connectivity index (χ1n) is 8.75. The number of nitrogens with zero attached hydrogens (tertiary/aromatic N) is 2. The molecule has 0 radical (unpaired) electrons. The third kappa shape index (κ3) is 3.02. The monoisotopic (exact) mass is 338 g/mol. The van der Waals surface area contributed by atoms with Gasteiger partial charge in [-0.05, 0) is 44.9 Å². The average Bonchev–Trinajstić information content (AvgIpc) is 2.63. The fourth-order valence-corrected chi connectivity index (χ4v) is 3.38. The summed E-state index contributed by atoms with van der Waals surface area (Å²) in [4.78, 5) is 40.0. The first kappa shape index (κ1) is 17.1. The number of benzene rings is 1. The lowest BCUT2D eigenvalue weighted by Crippen LogP contribution is -2.38. The van der Waals surface area contributed by atoms with Crippen LogP contribution in [0.4, 0.5) is 0 Å². The number of rotatable bonds is 4. The number of hydrogen-bond donors (Lipinski definition) is 0. The molecule has 0 spiro atoms. The number of Topliss-reactive ketones (excluding diaryl/α,β-unsaturated/α-hetero) is 1. The summed E-state index contributed by atoms with van der Waals surface area (Å²) < 4.78 is 1.54. The molecule has 0 unspecified atom stereocenters. The second-order valence-electron chi connectivity index (χ2n) is 6.15. The Bertz CT molecular complexity index is 865. The van der Waals surface area contributed by atoms with Crippen LogP contribution in [0, 0.1) is 0 Å². The molecule has 1 aliphatic rings. The van der Waals surface area contributed by atoms with E-state index in [0.717, 1.165) is 6.42 Å². The molecule has 130 valence electrons. The van der Waals surface area contributed by atoms with Crippen LogP contribution in [0.1, 0.15) is 53.1 Å². The van der Waals surface area contributed by atoms with Gasteiger partial charge in [0.2, 0.25) is 0 Å². The normalized spacial score (nSPS) is 13.4. The number of amides is 1. The SMILES string of the molecule is CCN(CC)C(=O)c1cc2c(n(-c3ccccc3)c1=O)CCCC2=O. The van der Waals surface area contributed by atoms with Gasteiger partial charge in [-0.1, -0.05) is 18.2 Å². The van der Waals surface area contributed by atoms with Crippen LogP contribution in [0.15, 0.2) is 41.2 Å². The highest BCUT2D eigenvalue weighted by Gasteiger charge is 2.27. The van der Waals surface area contributed by atoms with E-state index in [1.165, 1.54) is 6.07 Å². The average molecular weight is 338 g/mol. The number of aromatic nitrogens is 1. The molecule has 1 amide bonds. The zero-order chi connectivity index (χ0) is 18.0. The molecule has 1 aromatic carbocycles. The van der Waals surface area contributed by atoms with Crippen molar-refractivity contribution in [3.05, 3.63) is 63.6 Å². The van der Waals surface area contributed by atoms with E-state index in [4.69, 9.17) is 0 Å². The van der Waals surface area contributed by atoms with Crippen molar-refractivity contribution < 1.29 is 9.59 Å². The van der Waals surface area contributed by atoms with Gasteiger partial charge in [-0.3, -0.25) is 19.0 Å². The fraction of sp³-hybridized carbons (Fsp3) is 0.350. The fourth-order valence-electron chi connectivity index (χ4n) is 3.38. The summed E-state index contributed by atoms with van der Waals surface area (Å²) >= 11 is 0. The summed E-state index contributed by atoms with van der Waals surface area (Å²) in [7, 11) is 0. The molecule has 0 bridgehead atoms. The molecule has 0 fully saturated rings. The summed E-state index contributed by atoms with van der Waals surface area (Å²) in [5, 5.41) is 0. The third-order valence-corrected chi connectivity index (χ3v) is 4.72. The molecule has 2 aromatic rings. The molecule has 1 aliphatic carbocycles. The molecule has 5 nitrogen and oxygen atoms in total. The van der Waals surface area contributed by atoms with Crippen LogP contribution < -0.4 is 5.56 Å². The number of pyridine rings is 1. The maximum absolute atomic E-state index is 13.1. The van der Waals surface area contributed by atoms with Gasteiger partial charge in [0.25, 0.3) is 11.5 Å². The summed E-state index contributed by atoms with van der Waals surface area (Å²) in [6, 6.07) is 10.7. The van der Waals surface area contributed by atoms with E-state index in [9.17, 15) is 14.4 Å². The number of fused-ring (bicyclic) bond motifs is 1. The van der Waals surface area contributed by atoms with Gasteiger partial charge in [0, 0.05) is 36.5 Å². The van der Waals surface area contributed by atoms with Gasteiger partial charge >= 0.3 is 0 Å². The van der Waals surface area contributed by atoms with Gasteiger partial charge in [0.1, 0.15) is 5.56 Å². The van der Waals surface area contributed by atoms with Crippen molar-refractivity contribution >= 4 is 11.7 Å². The van der Waals surface area contributed by atoms with E-state index in [1.807, 2.05) is 44.2 Å². The molecule has 0 atom stereocenters. The molecule has 25 heavy (non-hydrogen) atoms.